The number of halogens is 1. The Kier molecular flexibility index (Phi) is 6.03. The molecule has 0 radical (unpaired) electrons. The minimum Gasteiger partial charge on any atom is -0.456 e. The van der Waals surface area contributed by atoms with Crippen LogP contribution in [0.25, 0.3) is 22.3 Å². The van der Waals surface area contributed by atoms with Crippen LogP contribution in [-0.2, 0) is 14.6 Å². The van der Waals surface area contributed by atoms with Crippen molar-refractivity contribution in [2.24, 2.45) is 0 Å². The van der Waals surface area contributed by atoms with E-state index < -0.39 is 20.5 Å². The first kappa shape index (κ1) is 21.4. The molecule has 4 rings (SSSR count). The van der Waals surface area contributed by atoms with Gasteiger partial charge in [-0.2, -0.15) is 0 Å². The minimum absolute atomic E-state index is 0. The van der Waals surface area contributed by atoms with E-state index in [-0.39, 0.29) is 25.2 Å². The second kappa shape index (κ2) is 8.18. The molecule has 0 aliphatic carbocycles. The smallest absolute Gasteiger partial charge is 0.245 e. The van der Waals surface area contributed by atoms with E-state index in [1.165, 1.54) is 0 Å². The van der Waals surface area contributed by atoms with E-state index in [9.17, 15) is 13.2 Å². The highest BCUT2D eigenvalue weighted by atomic mass is 35.5. The maximum atomic E-state index is 12.9. The number of furan rings is 1. The maximum absolute atomic E-state index is 12.9. The van der Waals surface area contributed by atoms with E-state index in [2.05, 4.69) is 10.6 Å². The highest BCUT2D eigenvalue weighted by Crippen LogP contribution is 2.31. The predicted octanol–water partition coefficient (Wildman–Crippen LogP) is 3.63. The summed E-state index contributed by atoms with van der Waals surface area (Å²) < 4.78 is 29.2. The van der Waals surface area contributed by atoms with Gasteiger partial charge in [-0.15, -0.1) is 12.4 Å². The molecule has 0 spiro atoms. The van der Waals surface area contributed by atoms with Gasteiger partial charge in [0.25, 0.3) is 0 Å². The van der Waals surface area contributed by atoms with Crippen molar-refractivity contribution in [2.45, 2.75) is 17.6 Å². The summed E-state index contributed by atoms with van der Waals surface area (Å²) in [6.45, 7) is 1.01. The van der Waals surface area contributed by atoms with Crippen molar-refractivity contribution in [3.05, 3.63) is 54.6 Å². The number of nitrogens with one attached hydrogen (secondary N) is 2. The number of hydrogen-bond acceptors (Lipinski definition) is 5. The lowest BCUT2D eigenvalue weighted by Gasteiger charge is -2.34. The van der Waals surface area contributed by atoms with Crippen LogP contribution in [0.15, 0.2) is 59.0 Å². The largest absolute Gasteiger partial charge is 0.456 e. The third-order valence-electron chi connectivity index (χ3n) is 5.39. The van der Waals surface area contributed by atoms with Gasteiger partial charge in [-0.05, 0) is 62.3 Å². The fourth-order valence-electron chi connectivity index (χ4n) is 3.68. The zero-order valence-electron chi connectivity index (χ0n) is 16.0. The Bertz CT molecular complexity index is 1080. The van der Waals surface area contributed by atoms with Gasteiger partial charge in [-0.25, -0.2) is 8.42 Å². The first-order chi connectivity index (χ1) is 13.4. The van der Waals surface area contributed by atoms with Crippen molar-refractivity contribution in [3.8, 4) is 11.3 Å². The lowest BCUT2D eigenvalue weighted by atomic mass is 9.95. The number of piperidine rings is 1. The Hall–Kier alpha value is -2.35. The number of hydrogen-bond donors (Lipinski definition) is 2. The van der Waals surface area contributed by atoms with Crippen LogP contribution in [0.3, 0.4) is 0 Å². The molecule has 0 bridgehead atoms. The minimum atomic E-state index is -3.54. The first-order valence-electron chi connectivity index (χ1n) is 9.20. The topological polar surface area (TPSA) is 88.4 Å². The molecule has 2 aromatic carbocycles. The van der Waals surface area contributed by atoms with Crippen LogP contribution in [0.4, 0.5) is 5.69 Å². The summed E-state index contributed by atoms with van der Waals surface area (Å²) in [4.78, 5) is 12.9. The molecular formula is C21H23ClN2O4S. The molecule has 1 aromatic heterocycles. The summed E-state index contributed by atoms with van der Waals surface area (Å²) in [6, 6.07) is 17.0. The predicted molar refractivity (Wildman–Crippen MR) is 117 cm³/mol. The van der Waals surface area contributed by atoms with Gasteiger partial charge >= 0.3 is 0 Å². The van der Waals surface area contributed by atoms with Gasteiger partial charge in [-0.3, -0.25) is 4.79 Å². The molecule has 1 aliphatic rings. The Morgan fingerprint density at radius 3 is 2.34 bits per heavy atom. The lowest BCUT2D eigenvalue weighted by Crippen LogP contribution is -2.55. The zero-order chi connectivity index (χ0) is 19.8. The summed E-state index contributed by atoms with van der Waals surface area (Å²) in [6.07, 6.45) is 1.69. The van der Waals surface area contributed by atoms with Crippen molar-refractivity contribution >= 4 is 44.8 Å². The maximum Gasteiger partial charge on any atom is 0.245 e. The number of sulfone groups is 1. The third-order valence-corrected chi connectivity index (χ3v) is 7.40. The zero-order valence-corrected chi connectivity index (χ0v) is 17.6. The number of fused-ring (bicyclic) bond motifs is 1. The van der Waals surface area contributed by atoms with Crippen LogP contribution in [0.5, 0.6) is 0 Å². The molecule has 2 heterocycles. The van der Waals surface area contributed by atoms with Gasteiger partial charge in [0.2, 0.25) is 5.91 Å². The van der Waals surface area contributed by atoms with Crippen molar-refractivity contribution in [2.75, 3.05) is 24.7 Å². The van der Waals surface area contributed by atoms with Gasteiger partial charge in [0.1, 0.15) is 11.3 Å². The van der Waals surface area contributed by atoms with Crippen LogP contribution in [0.2, 0.25) is 0 Å². The van der Waals surface area contributed by atoms with E-state index in [0.717, 1.165) is 28.5 Å². The van der Waals surface area contributed by atoms with Crippen LogP contribution in [0, 0.1) is 0 Å². The van der Waals surface area contributed by atoms with Gasteiger partial charge in [0.05, 0.1) is 0 Å². The summed E-state index contributed by atoms with van der Waals surface area (Å²) in [5.41, 5.74) is 2.26. The number of benzene rings is 2. The van der Waals surface area contributed by atoms with Crippen molar-refractivity contribution in [3.63, 3.8) is 0 Å². The fraction of sp³-hybridized carbons (Fsp3) is 0.286. The molecule has 1 amide bonds. The number of amides is 1. The summed E-state index contributed by atoms with van der Waals surface area (Å²) in [5.74, 6) is 0.276. The third kappa shape index (κ3) is 4.03. The molecule has 3 aromatic rings. The highest BCUT2D eigenvalue weighted by Gasteiger charge is 2.48. The van der Waals surface area contributed by atoms with E-state index in [4.69, 9.17) is 4.42 Å². The van der Waals surface area contributed by atoms with Crippen molar-refractivity contribution in [1.82, 2.24) is 5.32 Å². The molecule has 8 heteroatoms. The first-order valence-corrected chi connectivity index (χ1v) is 11.1. The summed E-state index contributed by atoms with van der Waals surface area (Å²) in [5, 5.41) is 6.92. The molecule has 154 valence electrons. The van der Waals surface area contributed by atoms with Gasteiger partial charge in [-0.1, -0.05) is 18.2 Å². The number of carbonyl (C=O) groups is 1. The molecule has 29 heavy (non-hydrogen) atoms. The van der Waals surface area contributed by atoms with E-state index >= 15 is 0 Å². The summed E-state index contributed by atoms with van der Waals surface area (Å²) >= 11 is 0. The Labute approximate surface area is 176 Å². The molecular weight excluding hydrogens is 412 g/mol. The van der Waals surface area contributed by atoms with E-state index in [0.29, 0.717) is 18.8 Å². The SMILES string of the molecule is CS(=O)(=O)C1(C(=O)Nc2ccc(-c3cc4ccccc4o3)cc2)CCNCC1.Cl. The lowest BCUT2D eigenvalue weighted by molar-refractivity contribution is -0.119. The Morgan fingerprint density at radius 1 is 1.07 bits per heavy atom. The van der Waals surface area contributed by atoms with E-state index in [1.807, 2.05) is 42.5 Å². The number of anilines is 1. The highest BCUT2D eigenvalue weighted by molar-refractivity contribution is 7.92. The molecule has 1 aliphatic heterocycles. The quantitative estimate of drug-likeness (QED) is 0.654. The molecule has 0 saturated carbocycles. The second-order valence-electron chi connectivity index (χ2n) is 7.20. The number of carbonyl (C=O) groups excluding carboxylic acids is 1. The molecule has 1 fully saturated rings. The average Bonchev–Trinajstić information content (AvgIpc) is 3.12. The van der Waals surface area contributed by atoms with Crippen LogP contribution in [-0.4, -0.2) is 38.4 Å². The number of rotatable bonds is 4. The van der Waals surface area contributed by atoms with Crippen LogP contribution in [0.1, 0.15) is 12.8 Å². The van der Waals surface area contributed by atoms with E-state index in [1.54, 1.807) is 12.1 Å². The van der Waals surface area contributed by atoms with Crippen molar-refractivity contribution < 1.29 is 17.6 Å². The van der Waals surface area contributed by atoms with Gasteiger partial charge in [0.15, 0.2) is 14.6 Å². The second-order valence-corrected chi connectivity index (χ2v) is 9.52. The number of para-hydroxylation sites is 1. The van der Waals surface area contributed by atoms with Crippen LogP contribution < -0.4 is 10.6 Å². The normalized spacial score (nSPS) is 16.2. The molecule has 6 nitrogen and oxygen atoms in total. The average molecular weight is 435 g/mol. The summed E-state index contributed by atoms with van der Waals surface area (Å²) in [7, 11) is -3.54. The Balaban J connectivity index is 0.00000240. The Morgan fingerprint density at radius 2 is 1.72 bits per heavy atom. The van der Waals surface area contributed by atoms with Gasteiger partial charge in [0, 0.05) is 22.9 Å². The van der Waals surface area contributed by atoms with Crippen LogP contribution >= 0.6 is 12.4 Å². The van der Waals surface area contributed by atoms with Gasteiger partial charge < -0.3 is 15.1 Å². The van der Waals surface area contributed by atoms with Crippen molar-refractivity contribution in [1.29, 1.82) is 0 Å². The molecule has 0 unspecified atom stereocenters. The monoisotopic (exact) mass is 434 g/mol. The standard InChI is InChI=1S/C21H22N2O4S.ClH/c1-28(25,26)21(10-12-22-13-11-21)20(24)23-17-8-6-15(7-9-17)19-14-16-4-2-3-5-18(16)27-19;/h2-9,14,22H,10-13H2,1H3,(H,23,24);1H. The fourth-order valence-corrected chi connectivity index (χ4v) is 5.02. The molecule has 0 atom stereocenters. The molecule has 2 N–H and O–H groups in total. The molecule has 1 saturated heterocycles.